The van der Waals surface area contributed by atoms with E-state index >= 15 is 0 Å². The van der Waals surface area contributed by atoms with Crippen molar-refractivity contribution in [2.45, 2.75) is 25.0 Å². The Morgan fingerprint density at radius 2 is 2.11 bits per heavy atom. The van der Waals surface area contributed by atoms with Gasteiger partial charge >= 0.3 is 0 Å². The lowest BCUT2D eigenvalue weighted by Crippen LogP contribution is -2.43. The van der Waals surface area contributed by atoms with Crippen molar-refractivity contribution in [2.24, 2.45) is 0 Å². The molecule has 0 bridgehead atoms. The van der Waals surface area contributed by atoms with E-state index < -0.39 is 12.2 Å². The Balaban J connectivity index is 1.98. The average Bonchev–Trinajstić information content (AvgIpc) is 2.44. The van der Waals surface area contributed by atoms with E-state index in [-0.39, 0.29) is 5.78 Å². The Hall–Kier alpha value is -1.87. The molecule has 3 heteroatoms. The lowest BCUT2D eigenvalue weighted by Gasteiger charge is -2.31. The van der Waals surface area contributed by atoms with Crippen LogP contribution in [0.1, 0.15) is 23.2 Å². The summed E-state index contributed by atoms with van der Waals surface area (Å²) in [6, 6.07) is 7.06. The molecule has 2 atom stereocenters. The lowest BCUT2D eigenvalue weighted by molar-refractivity contribution is 0.0335. The quantitative estimate of drug-likeness (QED) is 0.821. The van der Waals surface area contributed by atoms with E-state index in [1.807, 2.05) is 18.2 Å². The number of fused-ring (bicyclic) bond motifs is 1. The van der Waals surface area contributed by atoms with Crippen LogP contribution < -0.4 is 4.74 Å². The maximum atomic E-state index is 12.1. The molecular weight excluding hydrogens is 228 g/mol. The maximum absolute atomic E-state index is 12.1. The molecule has 1 N–H and O–H groups in total. The first-order valence-electron chi connectivity index (χ1n) is 6.11. The Morgan fingerprint density at radius 1 is 1.28 bits per heavy atom. The highest BCUT2D eigenvalue weighted by Crippen LogP contribution is 2.32. The highest BCUT2D eigenvalue weighted by Gasteiger charge is 2.37. The third-order valence-corrected chi connectivity index (χ3v) is 3.37. The number of para-hydroxylation sites is 1. The summed E-state index contributed by atoms with van der Waals surface area (Å²) >= 11 is 0. The molecular formula is C15H14O3. The van der Waals surface area contributed by atoms with E-state index in [4.69, 9.17) is 4.74 Å². The van der Waals surface area contributed by atoms with Crippen LogP contribution in [0.5, 0.6) is 5.75 Å². The molecule has 18 heavy (non-hydrogen) atoms. The minimum atomic E-state index is -1.10. The van der Waals surface area contributed by atoms with Gasteiger partial charge in [-0.2, -0.15) is 0 Å². The summed E-state index contributed by atoms with van der Waals surface area (Å²) < 4.78 is 5.78. The van der Waals surface area contributed by atoms with Crippen LogP contribution >= 0.6 is 0 Å². The van der Waals surface area contributed by atoms with Crippen LogP contribution in [-0.4, -0.2) is 23.1 Å². The molecule has 0 radical (unpaired) electrons. The predicted molar refractivity (Wildman–Crippen MR) is 67.7 cm³/mol. The molecule has 0 saturated heterocycles. The van der Waals surface area contributed by atoms with Crippen molar-refractivity contribution in [3.8, 4) is 5.75 Å². The van der Waals surface area contributed by atoms with Crippen LogP contribution in [0.3, 0.4) is 0 Å². The predicted octanol–water partition coefficient (Wildman–Crippen LogP) is 2.27. The summed E-state index contributed by atoms with van der Waals surface area (Å²) in [5.41, 5.74) is 1.45. The van der Waals surface area contributed by atoms with Crippen LogP contribution in [0.4, 0.5) is 0 Å². The van der Waals surface area contributed by atoms with Gasteiger partial charge in [0.05, 0.1) is 5.56 Å². The number of ketones is 1. The van der Waals surface area contributed by atoms with Gasteiger partial charge in [-0.05, 0) is 30.5 Å². The number of carbonyl (C=O) groups excluding carboxylic acids is 1. The number of ether oxygens (including phenoxy) is 1. The van der Waals surface area contributed by atoms with Gasteiger partial charge < -0.3 is 9.84 Å². The zero-order valence-electron chi connectivity index (χ0n) is 9.87. The fraction of sp³-hybridized carbons (Fsp3) is 0.267. The van der Waals surface area contributed by atoms with Gasteiger partial charge in [0.15, 0.2) is 18.0 Å². The summed E-state index contributed by atoms with van der Waals surface area (Å²) in [6.07, 6.45) is 6.05. The van der Waals surface area contributed by atoms with E-state index in [9.17, 15) is 9.90 Å². The van der Waals surface area contributed by atoms with Gasteiger partial charge in [-0.3, -0.25) is 4.79 Å². The Bertz CT molecular complexity index is 542. The molecule has 0 spiro atoms. The minimum absolute atomic E-state index is 0.252. The molecule has 3 rings (SSSR count). The number of benzene rings is 1. The van der Waals surface area contributed by atoms with E-state index in [0.717, 1.165) is 18.4 Å². The van der Waals surface area contributed by atoms with Gasteiger partial charge in [-0.25, -0.2) is 0 Å². The molecule has 3 nitrogen and oxygen atoms in total. The first-order chi connectivity index (χ1) is 8.77. The second-order valence-corrected chi connectivity index (χ2v) is 4.55. The summed E-state index contributed by atoms with van der Waals surface area (Å²) in [5, 5.41) is 10.1. The second kappa shape index (κ2) is 4.42. The molecule has 0 fully saturated rings. The Kier molecular flexibility index (Phi) is 2.76. The Labute approximate surface area is 105 Å². The molecule has 1 aromatic carbocycles. The summed E-state index contributed by atoms with van der Waals surface area (Å²) in [7, 11) is 0. The number of hydrogen-bond donors (Lipinski definition) is 1. The van der Waals surface area contributed by atoms with E-state index in [0.29, 0.717) is 11.3 Å². The summed E-state index contributed by atoms with van der Waals surface area (Å²) in [6.45, 7) is 0. The molecule has 1 aliphatic carbocycles. The lowest BCUT2D eigenvalue weighted by atomic mass is 9.90. The fourth-order valence-electron chi connectivity index (χ4n) is 2.41. The van der Waals surface area contributed by atoms with Crippen LogP contribution in [0.25, 0.3) is 0 Å². The van der Waals surface area contributed by atoms with E-state index in [1.54, 1.807) is 18.2 Å². The zero-order valence-corrected chi connectivity index (χ0v) is 9.87. The second-order valence-electron chi connectivity index (χ2n) is 4.55. The first-order valence-corrected chi connectivity index (χ1v) is 6.11. The van der Waals surface area contributed by atoms with Crippen molar-refractivity contribution in [2.75, 3.05) is 0 Å². The number of carbonyl (C=O) groups is 1. The van der Waals surface area contributed by atoms with Gasteiger partial charge in [-0.1, -0.05) is 30.4 Å². The molecule has 0 saturated carbocycles. The topological polar surface area (TPSA) is 46.5 Å². The molecule has 0 amide bonds. The van der Waals surface area contributed by atoms with E-state index in [2.05, 4.69) is 6.08 Å². The van der Waals surface area contributed by atoms with Gasteiger partial charge in [0.25, 0.3) is 0 Å². The molecule has 2 aliphatic rings. The van der Waals surface area contributed by atoms with Crippen LogP contribution in [0.2, 0.25) is 0 Å². The van der Waals surface area contributed by atoms with Gasteiger partial charge in [0, 0.05) is 0 Å². The summed E-state index contributed by atoms with van der Waals surface area (Å²) in [4.78, 5) is 12.1. The first kappa shape index (κ1) is 11.2. The highest BCUT2D eigenvalue weighted by atomic mass is 16.5. The van der Waals surface area contributed by atoms with Crippen molar-refractivity contribution in [1.82, 2.24) is 0 Å². The minimum Gasteiger partial charge on any atom is -0.482 e. The third-order valence-electron chi connectivity index (χ3n) is 3.37. The molecule has 2 unspecified atom stereocenters. The zero-order chi connectivity index (χ0) is 12.5. The van der Waals surface area contributed by atoms with Crippen molar-refractivity contribution < 1.29 is 14.6 Å². The van der Waals surface area contributed by atoms with Gasteiger partial charge in [0.1, 0.15) is 5.75 Å². The molecule has 1 aromatic rings. The van der Waals surface area contributed by atoms with Crippen molar-refractivity contribution in [3.05, 3.63) is 53.6 Å². The highest BCUT2D eigenvalue weighted by molar-refractivity contribution is 6.03. The third kappa shape index (κ3) is 1.77. The number of rotatable bonds is 1. The number of aliphatic hydroxyl groups excluding tert-OH is 1. The monoisotopic (exact) mass is 242 g/mol. The number of allylic oxidation sites excluding steroid dienone is 3. The SMILES string of the molecule is O=C1c2ccccc2OC(C2=CC=CCC2)C1O. The number of aliphatic hydroxyl groups is 1. The smallest absolute Gasteiger partial charge is 0.199 e. The standard InChI is InChI=1S/C15H14O3/c16-13-11-8-4-5-9-12(11)18-15(14(13)17)10-6-2-1-3-7-10/h1-2,4-6,8-9,14-15,17H,3,7H2. The van der Waals surface area contributed by atoms with Crippen LogP contribution in [0, 0.1) is 0 Å². The summed E-state index contributed by atoms with van der Waals surface area (Å²) in [5.74, 6) is 0.311. The number of Topliss-reactive ketones (excluding diaryl/α,β-unsaturated/α-hetero) is 1. The molecule has 0 aromatic heterocycles. The molecule has 1 heterocycles. The van der Waals surface area contributed by atoms with Gasteiger partial charge in [-0.15, -0.1) is 0 Å². The van der Waals surface area contributed by atoms with Crippen molar-refractivity contribution in [1.29, 1.82) is 0 Å². The van der Waals surface area contributed by atoms with Crippen molar-refractivity contribution >= 4 is 5.78 Å². The van der Waals surface area contributed by atoms with Crippen LogP contribution in [0.15, 0.2) is 48.1 Å². The Morgan fingerprint density at radius 3 is 2.89 bits per heavy atom. The van der Waals surface area contributed by atoms with Crippen molar-refractivity contribution in [3.63, 3.8) is 0 Å². The number of hydrogen-bond acceptors (Lipinski definition) is 3. The average molecular weight is 242 g/mol. The molecule has 1 aliphatic heterocycles. The molecule has 92 valence electrons. The van der Waals surface area contributed by atoms with Crippen LogP contribution in [-0.2, 0) is 0 Å². The van der Waals surface area contributed by atoms with Gasteiger partial charge in [0.2, 0.25) is 0 Å². The fourth-order valence-corrected chi connectivity index (χ4v) is 2.41. The maximum Gasteiger partial charge on any atom is 0.199 e. The van der Waals surface area contributed by atoms with E-state index in [1.165, 1.54) is 0 Å². The normalized spacial score (nSPS) is 26.3. The largest absolute Gasteiger partial charge is 0.482 e.